The van der Waals surface area contributed by atoms with E-state index in [1.54, 1.807) is 23.9 Å². The highest BCUT2D eigenvalue weighted by Crippen LogP contribution is 2.15. The number of nitrogens with one attached hydrogen (secondary N) is 1. The van der Waals surface area contributed by atoms with Gasteiger partial charge in [0.15, 0.2) is 5.96 Å². The largest absolute Gasteiger partial charge is 0.366 e. The van der Waals surface area contributed by atoms with Crippen LogP contribution in [0.3, 0.4) is 0 Å². The van der Waals surface area contributed by atoms with Crippen LogP contribution in [0.5, 0.6) is 0 Å². The summed E-state index contributed by atoms with van der Waals surface area (Å²) in [4.78, 5) is 19.4. The number of aliphatic imine (C=N–C) groups is 1. The molecule has 0 aliphatic carbocycles. The molecule has 0 saturated heterocycles. The Kier molecular flexibility index (Phi) is 7.53. The molecule has 0 atom stereocenters. The summed E-state index contributed by atoms with van der Waals surface area (Å²) in [6, 6.07) is 15.8. The topological polar surface area (TPSA) is 70.7 Å². The first-order chi connectivity index (χ1) is 12.5. The minimum absolute atomic E-state index is 0.423. The molecule has 0 unspecified atom stereocenters. The fourth-order valence-corrected chi connectivity index (χ4v) is 2.95. The van der Waals surface area contributed by atoms with Gasteiger partial charge in [-0.2, -0.15) is 0 Å². The van der Waals surface area contributed by atoms with Gasteiger partial charge >= 0.3 is 0 Å². The normalized spacial score (nSPS) is 11.3. The maximum Gasteiger partial charge on any atom is 0.248 e. The summed E-state index contributed by atoms with van der Waals surface area (Å²) < 4.78 is 0. The predicted molar refractivity (Wildman–Crippen MR) is 109 cm³/mol. The molecule has 0 spiro atoms. The van der Waals surface area contributed by atoms with Crippen LogP contribution in [0.4, 0.5) is 0 Å². The molecule has 3 N–H and O–H groups in total. The molecule has 0 bridgehead atoms. The van der Waals surface area contributed by atoms with Crippen molar-refractivity contribution in [1.82, 2.24) is 10.2 Å². The number of primary amides is 1. The van der Waals surface area contributed by atoms with Crippen LogP contribution in [0.15, 0.2) is 58.4 Å². The van der Waals surface area contributed by atoms with Gasteiger partial charge in [-0.1, -0.05) is 24.3 Å². The van der Waals surface area contributed by atoms with Gasteiger partial charge < -0.3 is 16.0 Å². The first kappa shape index (κ1) is 19.8. The van der Waals surface area contributed by atoms with Crippen molar-refractivity contribution in [2.24, 2.45) is 10.7 Å². The lowest BCUT2D eigenvalue weighted by Crippen LogP contribution is -2.38. The molecule has 0 heterocycles. The van der Waals surface area contributed by atoms with Crippen molar-refractivity contribution in [3.63, 3.8) is 0 Å². The van der Waals surface area contributed by atoms with E-state index in [2.05, 4.69) is 45.7 Å². The number of nitrogens with two attached hydrogens (primary N) is 1. The van der Waals surface area contributed by atoms with Crippen molar-refractivity contribution >= 4 is 23.6 Å². The fourth-order valence-electron chi connectivity index (χ4n) is 2.54. The molecule has 0 aliphatic rings. The molecule has 26 heavy (non-hydrogen) atoms. The monoisotopic (exact) mass is 370 g/mol. The summed E-state index contributed by atoms with van der Waals surface area (Å²) in [6.07, 6.45) is 2.07. The van der Waals surface area contributed by atoms with Crippen LogP contribution in [0.25, 0.3) is 0 Å². The van der Waals surface area contributed by atoms with Gasteiger partial charge in [0.2, 0.25) is 5.91 Å². The number of carbonyl (C=O) groups excluding carboxylic acids is 1. The number of carbonyl (C=O) groups is 1. The standard InChI is InChI=1S/C20H26N4OS/c1-4-22-20(23-13-16-6-5-7-17(12-16)19(21)25)24(2)14-15-8-10-18(26-3)11-9-15/h5-12H,4,13-14H2,1-3H3,(H2,21,25)(H,22,23). The van der Waals surface area contributed by atoms with E-state index < -0.39 is 5.91 Å². The number of hydrogen-bond donors (Lipinski definition) is 2. The third kappa shape index (κ3) is 5.81. The first-order valence-corrected chi connectivity index (χ1v) is 9.77. The molecule has 0 radical (unpaired) electrons. The highest BCUT2D eigenvalue weighted by molar-refractivity contribution is 7.98. The van der Waals surface area contributed by atoms with Crippen LogP contribution in [-0.2, 0) is 13.1 Å². The van der Waals surface area contributed by atoms with E-state index in [0.29, 0.717) is 12.1 Å². The quantitative estimate of drug-likeness (QED) is 0.446. The highest BCUT2D eigenvalue weighted by atomic mass is 32.2. The molecule has 1 amide bonds. The van der Waals surface area contributed by atoms with Crippen molar-refractivity contribution in [3.05, 3.63) is 65.2 Å². The number of nitrogens with zero attached hydrogens (tertiary/aromatic N) is 2. The average molecular weight is 371 g/mol. The molecular weight excluding hydrogens is 344 g/mol. The third-order valence-corrected chi connectivity index (χ3v) is 4.64. The lowest BCUT2D eigenvalue weighted by Gasteiger charge is -2.22. The van der Waals surface area contributed by atoms with E-state index in [0.717, 1.165) is 24.6 Å². The second-order valence-electron chi connectivity index (χ2n) is 5.94. The lowest BCUT2D eigenvalue weighted by molar-refractivity contribution is 0.1000. The van der Waals surface area contributed by atoms with Gasteiger partial charge in [-0.3, -0.25) is 4.79 Å². The van der Waals surface area contributed by atoms with Crippen molar-refractivity contribution in [3.8, 4) is 0 Å². The Balaban J connectivity index is 2.09. The van der Waals surface area contributed by atoms with Gasteiger partial charge in [0.05, 0.1) is 6.54 Å². The maximum atomic E-state index is 11.3. The van der Waals surface area contributed by atoms with Crippen LogP contribution in [-0.4, -0.2) is 36.6 Å². The Labute approximate surface area is 159 Å². The fraction of sp³-hybridized carbons (Fsp3) is 0.300. The van der Waals surface area contributed by atoms with Crippen LogP contribution in [0, 0.1) is 0 Å². The zero-order valence-corrected chi connectivity index (χ0v) is 16.3. The van der Waals surface area contributed by atoms with Crippen LogP contribution in [0.1, 0.15) is 28.4 Å². The Morgan fingerprint density at radius 1 is 1.19 bits per heavy atom. The Morgan fingerprint density at radius 3 is 2.54 bits per heavy atom. The van der Waals surface area contributed by atoms with E-state index in [9.17, 15) is 4.79 Å². The molecule has 0 aliphatic heterocycles. The molecule has 0 saturated carbocycles. The second-order valence-corrected chi connectivity index (χ2v) is 6.82. The van der Waals surface area contributed by atoms with Crippen molar-refractivity contribution in [2.45, 2.75) is 24.9 Å². The number of hydrogen-bond acceptors (Lipinski definition) is 3. The number of thioether (sulfide) groups is 1. The molecule has 5 nitrogen and oxygen atoms in total. The minimum Gasteiger partial charge on any atom is -0.366 e. The number of guanidine groups is 1. The first-order valence-electron chi connectivity index (χ1n) is 8.54. The average Bonchev–Trinajstić information content (AvgIpc) is 2.65. The zero-order chi connectivity index (χ0) is 18.9. The van der Waals surface area contributed by atoms with Gasteiger partial charge in [-0.25, -0.2) is 4.99 Å². The van der Waals surface area contributed by atoms with E-state index in [4.69, 9.17) is 5.73 Å². The Morgan fingerprint density at radius 2 is 1.92 bits per heavy atom. The number of benzene rings is 2. The summed E-state index contributed by atoms with van der Waals surface area (Å²) in [7, 11) is 2.02. The van der Waals surface area contributed by atoms with Crippen LogP contribution < -0.4 is 11.1 Å². The molecule has 0 aromatic heterocycles. The SMILES string of the molecule is CCNC(=NCc1cccc(C(N)=O)c1)N(C)Cc1ccc(SC)cc1. The highest BCUT2D eigenvalue weighted by Gasteiger charge is 2.07. The third-order valence-electron chi connectivity index (χ3n) is 3.90. The van der Waals surface area contributed by atoms with Gasteiger partial charge in [0.25, 0.3) is 0 Å². The van der Waals surface area contributed by atoms with Gasteiger partial charge in [-0.05, 0) is 48.6 Å². The van der Waals surface area contributed by atoms with E-state index in [1.807, 2.05) is 26.1 Å². The molecule has 6 heteroatoms. The number of rotatable bonds is 7. The Hall–Kier alpha value is -2.47. The van der Waals surface area contributed by atoms with E-state index in [1.165, 1.54) is 10.5 Å². The van der Waals surface area contributed by atoms with E-state index >= 15 is 0 Å². The van der Waals surface area contributed by atoms with Gasteiger partial charge in [0, 0.05) is 30.6 Å². The van der Waals surface area contributed by atoms with Crippen molar-refractivity contribution < 1.29 is 4.79 Å². The van der Waals surface area contributed by atoms with Gasteiger partial charge in [0.1, 0.15) is 0 Å². The smallest absolute Gasteiger partial charge is 0.248 e. The summed E-state index contributed by atoms with van der Waals surface area (Å²) >= 11 is 1.74. The molecule has 2 aromatic carbocycles. The predicted octanol–water partition coefficient (Wildman–Crippen LogP) is 3.10. The molecule has 2 aromatic rings. The molecule has 138 valence electrons. The summed E-state index contributed by atoms with van der Waals surface area (Å²) in [5, 5.41) is 3.31. The summed E-state index contributed by atoms with van der Waals surface area (Å²) in [6.45, 7) is 4.08. The molecule has 2 rings (SSSR count). The van der Waals surface area contributed by atoms with Crippen molar-refractivity contribution in [2.75, 3.05) is 19.8 Å². The lowest BCUT2D eigenvalue weighted by atomic mass is 10.1. The molecular formula is C20H26N4OS. The number of amides is 1. The zero-order valence-electron chi connectivity index (χ0n) is 15.5. The van der Waals surface area contributed by atoms with Crippen molar-refractivity contribution in [1.29, 1.82) is 0 Å². The Bertz CT molecular complexity index is 759. The summed E-state index contributed by atoms with van der Waals surface area (Å²) in [5.74, 6) is 0.402. The summed E-state index contributed by atoms with van der Waals surface area (Å²) in [5.41, 5.74) is 8.03. The minimum atomic E-state index is -0.423. The van der Waals surface area contributed by atoms with Gasteiger partial charge in [-0.15, -0.1) is 11.8 Å². The molecule has 0 fully saturated rings. The van der Waals surface area contributed by atoms with Crippen LogP contribution >= 0.6 is 11.8 Å². The van der Waals surface area contributed by atoms with E-state index in [-0.39, 0.29) is 0 Å². The maximum absolute atomic E-state index is 11.3. The second kappa shape index (κ2) is 9.87. The van der Waals surface area contributed by atoms with Crippen LogP contribution in [0.2, 0.25) is 0 Å².